The molecule has 1 saturated heterocycles. The highest BCUT2D eigenvalue weighted by atomic mass is 19.1. The Morgan fingerprint density at radius 3 is 2.97 bits per heavy atom. The number of amides is 2. The molecular formula is C19H17F2N3O5. The summed E-state index contributed by atoms with van der Waals surface area (Å²) in [5.74, 6) is -5.68. The third kappa shape index (κ3) is 3.15. The zero-order valence-electron chi connectivity index (χ0n) is 18.0. The number of hydrogen-bond acceptors (Lipinski definition) is 5. The van der Waals surface area contributed by atoms with Gasteiger partial charge in [0.05, 0.1) is 23.3 Å². The highest BCUT2D eigenvalue weighted by Gasteiger charge is 2.42. The average Bonchev–Trinajstić information content (AvgIpc) is 3.09. The van der Waals surface area contributed by atoms with E-state index < -0.39 is 64.5 Å². The number of nitrogens with zero attached hydrogens (tertiary/aromatic N) is 2. The molecule has 152 valence electrons. The molecule has 2 aliphatic heterocycles. The van der Waals surface area contributed by atoms with Gasteiger partial charge in [0.2, 0.25) is 5.43 Å². The number of pyridine rings is 1. The first kappa shape index (κ1) is 15.6. The molecule has 1 aromatic heterocycles. The summed E-state index contributed by atoms with van der Waals surface area (Å²) in [6.07, 6.45) is 0.319. The maximum atomic E-state index is 14.2. The quantitative estimate of drug-likeness (QED) is 0.788. The van der Waals surface area contributed by atoms with Crippen LogP contribution in [0.15, 0.2) is 29.2 Å². The predicted molar refractivity (Wildman–Crippen MR) is 95.3 cm³/mol. The van der Waals surface area contributed by atoms with Crippen LogP contribution in [-0.2, 0) is 17.8 Å². The van der Waals surface area contributed by atoms with Gasteiger partial charge in [0.15, 0.2) is 17.7 Å². The Labute approximate surface area is 167 Å². The van der Waals surface area contributed by atoms with Crippen LogP contribution in [-0.4, -0.2) is 45.3 Å². The van der Waals surface area contributed by atoms with E-state index in [2.05, 4.69) is 0 Å². The van der Waals surface area contributed by atoms with Crippen LogP contribution in [0.25, 0.3) is 0 Å². The van der Waals surface area contributed by atoms with Crippen LogP contribution in [0.2, 0.25) is 0 Å². The number of halogens is 2. The molecule has 2 amide bonds. The fraction of sp³-hybridized carbons (Fsp3) is 0.316. The smallest absolute Gasteiger partial charge is 0.276 e. The van der Waals surface area contributed by atoms with Crippen LogP contribution in [0.5, 0.6) is 5.75 Å². The van der Waals surface area contributed by atoms with E-state index in [1.165, 1.54) is 9.47 Å². The molecule has 29 heavy (non-hydrogen) atoms. The average molecular weight is 408 g/mol. The number of carbonyl (C=O) groups excluding carboxylic acids is 2. The number of carbonyl (C=O) groups is 2. The minimum absolute atomic E-state index is 0.0151. The van der Waals surface area contributed by atoms with E-state index in [4.69, 9.17) is 8.85 Å². The van der Waals surface area contributed by atoms with Crippen molar-refractivity contribution in [1.82, 2.24) is 14.8 Å². The largest absolute Gasteiger partial charge is 0.503 e. The molecule has 2 aromatic rings. The van der Waals surface area contributed by atoms with Crippen LogP contribution in [0.1, 0.15) is 37.4 Å². The lowest BCUT2D eigenvalue weighted by Gasteiger charge is -2.33. The second-order valence-corrected chi connectivity index (χ2v) is 6.68. The molecule has 10 heteroatoms. The topological polar surface area (TPSA) is 101 Å². The number of aromatic nitrogens is 1. The third-order valence-electron chi connectivity index (χ3n) is 4.78. The van der Waals surface area contributed by atoms with Gasteiger partial charge in [-0.05, 0) is 13.0 Å². The van der Waals surface area contributed by atoms with Gasteiger partial charge >= 0.3 is 0 Å². The van der Waals surface area contributed by atoms with Crippen molar-refractivity contribution in [3.8, 4) is 5.75 Å². The van der Waals surface area contributed by atoms with E-state index in [1.54, 1.807) is 6.92 Å². The summed E-state index contributed by atoms with van der Waals surface area (Å²) in [6.45, 7) is -0.917. The Morgan fingerprint density at radius 1 is 1.45 bits per heavy atom. The van der Waals surface area contributed by atoms with E-state index in [1.807, 2.05) is 5.32 Å². The normalized spacial score (nSPS) is 22.4. The SMILES string of the molecule is [2H]c1c(F)ccc(C([2H])([2H])NC(=O)c2cn3c(c(O)c2=O)C(=O)N2[C@@H](C)CO[C@@H]2C3)c1F. The van der Waals surface area contributed by atoms with E-state index in [0.29, 0.717) is 6.07 Å². The number of benzene rings is 1. The number of rotatable bonds is 3. The Kier molecular flexibility index (Phi) is 3.75. The predicted octanol–water partition coefficient (Wildman–Crippen LogP) is 0.963. The summed E-state index contributed by atoms with van der Waals surface area (Å²) >= 11 is 0. The van der Waals surface area contributed by atoms with Gasteiger partial charge in [-0.25, -0.2) is 8.78 Å². The maximum Gasteiger partial charge on any atom is 0.276 e. The lowest BCUT2D eigenvalue weighted by Crippen LogP contribution is -2.49. The fourth-order valence-electron chi connectivity index (χ4n) is 3.37. The Morgan fingerprint density at radius 2 is 2.21 bits per heavy atom. The van der Waals surface area contributed by atoms with E-state index >= 15 is 0 Å². The highest BCUT2D eigenvalue weighted by molar-refractivity contribution is 5.99. The Balaban J connectivity index is 1.70. The van der Waals surface area contributed by atoms with Crippen molar-refractivity contribution in [2.45, 2.75) is 32.2 Å². The van der Waals surface area contributed by atoms with Gasteiger partial charge in [-0.15, -0.1) is 0 Å². The molecule has 0 radical (unpaired) electrons. The van der Waals surface area contributed by atoms with E-state index in [9.17, 15) is 28.3 Å². The van der Waals surface area contributed by atoms with Gasteiger partial charge in [0, 0.05) is 24.3 Å². The first-order valence-electron chi connectivity index (χ1n) is 10.1. The molecule has 8 nitrogen and oxygen atoms in total. The van der Waals surface area contributed by atoms with E-state index in [0.717, 1.165) is 12.3 Å². The van der Waals surface area contributed by atoms with Gasteiger partial charge < -0.3 is 24.6 Å². The molecule has 3 heterocycles. The number of hydrogen-bond donors (Lipinski definition) is 2. The molecule has 0 unspecified atom stereocenters. The summed E-state index contributed by atoms with van der Waals surface area (Å²) in [5, 5.41) is 12.2. The minimum Gasteiger partial charge on any atom is -0.503 e. The summed E-state index contributed by atoms with van der Waals surface area (Å²) in [5.41, 5.74) is -3.06. The summed E-state index contributed by atoms with van der Waals surface area (Å²) < 4.78 is 57.4. The molecule has 0 saturated carbocycles. The Bertz CT molecular complexity index is 1220. The van der Waals surface area contributed by atoms with Crippen LogP contribution in [0.3, 0.4) is 0 Å². The maximum absolute atomic E-state index is 14.2. The van der Waals surface area contributed by atoms with Gasteiger partial charge in [-0.3, -0.25) is 14.4 Å². The van der Waals surface area contributed by atoms with E-state index in [-0.39, 0.29) is 24.9 Å². The first-order chi connectivity index (χ1) is 14.9. The molecule has 0 bridgehead atoms. The number of fused-ring (bicyclic) bond motifs is 2. The molecule has 2 aliphatic rings. The standard InChI is InChI=1S/C19H17F2N3O5/c1-9-8-29-14-7-23-6-12(16(25)17(26)15(23)19(28)24(9)14)18(27)22-5-10-2-3-11(20)4-13(10)21/h2-4,6,9,14,26H,5,7-8H2,1H3,(H,22,27)/t9-,14+/m0/s1/i4D,5D2. The lowest BCUT2D eigenvalue weighted by molar-refractivity contribution is 0.00624. The van der Waals surface area contributed by atoms with Gasteiger partial charge in [-0.2, -0.15) is 0 Å². The molecule has 1 fully saturated rings. The van der Waals surface area contributed by atoms with Crippen molar-refractivity contribution < 1.29 is 32.3 Å². The second kappa shape index (κ2) is 6.96. The molecule has 0 aliphatic carbocycles. The van der Waals surface area contributed by atoms with Crippen molar-refractivity contribution in [3.05, 3.63) is 63.1 Å². The summed E-state index contributed by atoms with van der Waals surface area (Å²) in [6, 6.07) is -0.0597. The third-order valence-corrected chi connectivity index (χ3v) is 4.78. The minimum atomic E-state index is -2.93. The molecule has 1 aromatic carbocycles. The van der Waals surface area contributed by atoms with Crippen molar-refractivity contribution in [3.63, 3.8) is 0 Å². The summed E-state index contributed by atoms with van der Waals surface area (Å²) in [4.78, 5) is 39.4. The number of ether oxygens (including phenoxy) is 1. The Hall–Kier alpha value is -3.27. The molecule has 2 N–H and O–H groups in total. The molecule has 2 atom stereocenters. The zero-order chi connectivity index (χ0) is 23.5. The monoisotopic (exact) mass is 408 g/mol. The van der Waals surface area contributed by atoms with Gasteiger partial charge in [0.1, 0.15) is 17.2 Å². The zero-order valence-corrected chi connectivity index (χ0v) is 15.0. The summed E-state index contributed by atoms with van der Waals surface area (Å²) in [7, 11) is 0. The number of aromatic hydroxyl groups is 1. The van der Waals surface area contributed by atoms with Crippen molar-refractivity contribution in [1.29, 1.82) is 0 Å². The second-order valence-electron chi connectivity index (χ2n) is 6.68. The fourth-order valence-corrected chi connectivity index (χ4v) is 3.37. The van der Waals surface area contributed by atoms with Crippen LogP contribution in [0.4, 0.5) is 8.78 Å². The first-order valence-corrected chi connectivity index (χ1v) is 8.62. The lowest BCUT2D eigenvalue weighted by atomic mass is 10.1. The molecule has 0 spiro atoms. The van der Waals surface area contributed by atoms with Gasteiger partial charge in [0.25, 0.3) is 11.8 Å². The van der Waals surface area contributed by atoms with Gasteiger partial charge in [-0.1, -0.05) is 6.07 Å². The van der Waals surface area contributed by atoms with Crippen molar-refractivity contribution >= 4 is 11.8 Å². The molecule has 4 rings (SSSR count). The van der Waals surface area contributed by atoms with Crippen LogP contribution < -0.4 is 10.7 Å². The van der Waals surface area contributed by atoms with Crippen molar-refractivity contribution in [2.75, 3.05) is 6.61 Å². The van der Waals surface area contributed by atoms with Crippen LogP contribution >= 0.6 is 0 Å². The molecular weight excluding hydrogens is 388 g/mol. The number of nitrogens with one attached hydrogen (secondary N) is 1. The van der Waals surface area contributed by atoms with Crippen LogP contribution in [0, 0.1) is 11.6 Å². The highest BCUT2D eigenvalue weighted by Crippen LogP contribution is 2.29. The van der Waals surface area contributed by atoms with Crippen molar-refractivity contribution in [2.24, 2.45) is 0 Å².